The maximum absolute atomic E-state index is 11.7. The van der Waals surface area contributed by atoms with Crippen molar-refractivity contribution >= 4 is 35.8 Å². The van der Waals surface area contributed by atoms with E-state index in [4.69, 9.17) is 5.73 Å². The van der Waals surface area contributed by atoms with Crippen LogP contribution in [0.3, 0.4) is 0 Å². The van der Waals surface area contributed by atoms with Crippen molar-refractivity contribution in [3.05, 3.63) is 35.4 Å². The Morgan fingerprint density at radius 2 is 1.86 bits per heavy atom. The second kappa shape index (κ2) is 9.66. The van der Waals surface area contributed by atoms with Crippen molar-refractivity contribution in [1.29, 1.82) is 0 Å². The summed E-state index contributed by atoms with van der Waals surface area (Å²) in [5, 5.41) is 2.78. The third-order valence-electron chi connectivity index (χ3n) is 3.66. The van der Waals surface area contributed by atoms with Gasteiger partial charge in [-0.05, 0) is 43.9 Å². The van der Waals surface area contributed by atoms with Gasteiger partial charge in [-0.1, -0.05) is 12.1 Å². The third-order valence-corrected chi connectivity index (χ3v) is 3.66. The Bertz CT molecular complexity index is 495. The van der Waals surface area contributed by atoms with E-state index in [-0.39, 0.29) is 29.9 Å². The molecule has 2 rings (SSSR count). The number of nitrogens with one attached hydrogen (secondary N) is 1. The lowest BCUT2D eigenvalue weighted by Crippen LogP contribution is -2.40. The zero-order valence-electron chi connectivity index (χ0n) is 13.0. The number of carbonyl (C=O) groups is 1. The number of aliphatic imine (C=N–C) groups is 1. The summed E-state index contributed by atoms with van der Waals surface area (Å²) in [6, 6.07) is 7.51. The van der Waals surface area contributed by atoms with Crippen LogP contribution in [0.2, 0.25) is 0 Å². The van der Waals surface area contributed by atoms with E-state index < -0.39 is 0 Å². The van der Waals surface area contributed by atoms with Crippen LogP contribution in [-0.4, -0.2) is 36.4 Å². The van der Waals surface area contributed by atoms with Crippen LogP contribution in [0.15, 0.2) is 29.3 Å². The molecule has 0 radical (unpaired) electrons. The lowest BCUT2D eigenvalue weighted by molar-refractivity contribution is 0.0956. The zero-order chi connectivity index (χ0) is 15.1. The minimum absolute atomic E-state index is 0. The highest BCUT2D eigenvalue weighted by molar-refractivity contribution is 14.0. The van der Waals surface area contributed by atoms with Gasteiger partial charge in [0.2, 0.25) is 0 Å². The van der Waals surface area contributed by atoms with E-state index in [2.05, 4.69) is 15.2 Å². The van der Waals surface area contributed by atoms with E-state index in [1.807, 2.05) is 31.2 Å². The zero-order valence-corrected chi connectivity index (χ0v) is 15.4. The molecule has 22 heavy (non-hydrogen) atoms. The molecule has 5 nitrogen and oxygen atoms in total. The van der Waals surface area contributed by atoms with E-state index in [1.54, 1.807) is 0 Å². The number of carbonyl (C=O) groups excluding carboxylic acids is 1. The second-order valence-electron chi connectivity index (χ2n) is 5.28. The molecule has 0 bridgehead atoms. The normalized spacial score (nSPS) is 15.1. The summed E-state index contributed by atoms with van der Waals surface area (Å²) in [5.41, 5.74) is 7.76. The maximum Gasteiger partial charge on any atom is 0.251 e. The molecule has 1 aliphatic rings. The topological polar surface area (TPSA) is 70.7 Å². The molecule has 0 aliphatic carbocycles. The third kappa shape index (κ3) is 5.47. The number of hydrogen-bond donors (Lipinski definition) is 2. The molecule has 1 saturated heterocycles. The van der Waals surface area contributed by atoms with Gasteiger partial charge in [-0.2, -0.15) is 0 Å². The molecule has 1 fully saturated rings. The molecule has 0 aromatic heterocycles. The summed E-state index contributed by atoms with van der Waals surface area (Å²) in [5.74, 6) is 0.586. The van der Waals surface area contributed by atoms with Crippen molar-refractivity contribution in [2.24, 2.45) is 10.7 Å². The predicted octanol–water partition coefficient (Wildman–Crippen LogP) is 2.35. The Morgan fingerprint density at radius 3 is 2.45 bits per heavy atom. The number of amides is 1. The fourth-order valence-corrected chi connectivity index (χ4v) is 2.42. The molecule has 122 valence electrons. The van der Waals surface area contributed by atoms with Gasteiger partial charge in [0.05, 0.1) is 6.54 Å². The van der Waals surface area contributed by atoms with Gasteiger partial charge in [0.25, 0.3) is 5.91 Å². The molecule has 0 atom stereocenters. The number of piperidine rings is 1. The first kappa shape index (κ1) is 18.7. The van der Waals surface area contributed by atoms with Gasteiger partial charge in [0.1, 0.15) is 0 Å². The fourth-order valence-electron chi connectivity index (χ4n) is 2.42. The lowest BCUT2D eigenvalue weighted by Gasteiger charge is -2.27. The second-order valence-corrected chi connectivity index (χ2v) is 5.28. The number of benzene rings is 1. The number of rotatable bonds is 4. The highest BCUT2D eigenvalue weighted by Gasteiger charge is 2.11. The van der Waals surface area contributed by atoms with Crippen molar-refractivity contribution < 1.29 is 4.79 Å². The molecule has 1 aromatic carbocycles. The summed E-state index contributed by atoms with van der Waals surface area (Å²) < 4.78 is 0. The van der Waals surface area contributed by atoms with E-state index in [9.17, 15) is 4.79 Å². The van der Waals surface area contributed by atoms with Crippen molar-refractivity contribution in [2.75, 3.05) is 19.6 Å². The summed E-state index contributed by atoms with van der Waals surface area (Å²) in [7, 11) is 0. The van der Waals surface area contributed by atoms with Crippen LogP contribution in [0.25, 0.3) is 0 Å². The lowest BCUT2D eigenvalue weighted by atomic mass is 10.1. The number of guanidine groups is 1. The first-order valence-electron chi connectivity index (χ1n) is 7.62. The number of nitrogens with zero attached hydrogens (tertiary/aromatic N) is 2. The van der Waals surface area contributed by atoms with Gasteiger partial charge in [0, 0.05) is 25.2 Å². The van der Waals surface area contributed by atoms with Crippen LogP contribution in [0.4, 0.5) is 0 Å². The monoisotopic (exact) mass is 416 g/mol. The Balaban J connectivity index is 0.00000242. The Kier molecular flexibility index (Phi) is 8.22. The molecule has 3 N–H and O–H groups in total. The fraction of sp³-hybridized carbons (Fsp3) is 0.500. The van der Waals surface area contributed by atoms with E-state index in [1.165, 1.54) is 19.3 Å². The summed E-state index contributed by atoms with van der Waals surface area (Å²) in [6.07, 6.45) is 3.67. The highest BCUT2D eigenvalue weighted by Crippen LogP contribution is 2.09. The van der Waals surface area contributed by atoms with Crippen LogP contribution in [0.1, 0.15) is 42.1 Å². The molecule has 1 aromatic rings. The van der Waals surface area contributed by atoms with Gasteiger partial charge in [-0.15, -0.1) is 24.0 Å². The van der Waals surface area contributed by atoms with Crippen molar-refractivity contribution in [2.45, 2.75) is 32.7 Å². The van der Waals surface area contributed by atoms with Gasteiger partial charge >= 0.3 is 0 Å². The van der Waals surface area contributed by atoms with Gasteiger partial charge in [-0.25, -0.2) is 4.99 Å². The first-order valence-corrected chi connectivity index (χ1v) is 7.62. The van der Waals surface area contributed by atoms with Crippen LogP contribution >= 0.6 is 24.0 Å². The number of halogens is 1. The number of likely N-dealkylation sites (tertiary alicyclic amines) is 1. The molecule has 6 heteroatoms. The summed E-state index contributed by atoms with van der Waals surface area (Å²) in [6.45, 7) is 5.11. The molecular weight excluding hydrogens is 391 g/mol. The summed E-state index contributed by atoms with van der Waals surface area (Å²) in [4.78, 5) is 18.3. The Labute approximate surface area is 149 Å². The van der Waals surface area contributed by atoms with Crippen LogP contribution in [0, 0.1) is 0 Å². The molecule has 0 saturated carbocycles. The van der Waals surface area contributed by atoms with Crippen LogP contribution in [0.5, 0.6) is 0 Å². The largest absolute Gasteiger partial charge is 0.370 e. The molecular formula is C16H25IN4O. The van der Waals surface area contributed by atoms with Crippen LogP contribution < -0.4 is 11.1 Å². The average molecular weight is 416 g/mol. The van der Waals surface area contributed by atoms with E-state index >= 15 is 0 Å². The van der Waals surface area contributed by atoms with Crippen molar-refractivity contribution in [1.82, 2.24) is 10.2 Å². The smallest absolute Gasteiger partial charge is 0.251 e. The van der Waals surface area contributed by atoms with Gasteiger partial charge in [0.15, 0.2) is 5.96 Å². The Hall–Kier alpha value is -1.31. The predicted molar refractivity (Wildman–Crippen MR) is 101 cm³/mol. The average Bonchev–Trinajstić information content (AvgIpc) is 2.54. The van der Waals surface area contributed by atoms with E-state index in [0.717, 1.165) is 18.7 Å². The molecule has 1 aliphatic heterocycles. The van der Waals surface area contributed by atoms with E-state index in [0.29, 0.717) is 24.6 Å². The molecule has 0 spiro atoms. The Morgan fingerprint density at radius 1 is 1.23 bits per heavy atom. The first-order chi connectivity index (χ1) is 10.2. The molecule has 1 heterocycles. The minimum atomic E-state index is -0.0413. The SMILES string of the molecule is CCNC(=O)c1ccc(CN=C(N)N2CCCCC2)cc1.I. The quantitative estimate of drug-likeness (QED) is 0.450. The maximum atomic E-state index is 11.7. The van der Waals surface area contributed by atoms with Gasteiger partial charge in [-0.3, -0.25) is 4.79 Å². The van der Waals surface area contributed by atoms with Gasteiger partial charge < -0.3 is 16.0 Å². The highest BCUT2D eigenvalue weighted by atomic mass is 127. The number of nitrogens with two attached hydrogens (primary N) is 1. The molecule has 0 unspecified atom stereocenters. The standard InChI is InChI=1S/C16H24N4O.HI/c1-2-18-15(21)14-8-6-13(7-9-14)12-19-16(17)20-10-4-3-5-11-20;/h6-9H,2-5,10-12H2,1H3,(H2,17,19)(H,18,21);1H. The minimum Gasteiger partial charge on any atom is -0.370 e. The number of hydrogen-bond acceptors (Lipinski definition) is 2. The molecule has 1 amide bonds. The summed E-state index contributed by atoms with van der Waals surface area (Å²) >= 11 is 0. The van der Waals surface area contributed by atoms with Crippen molar-refractivity contribution in [3.63, 3.8) is 0 Å². The van der Waals surface area contributed by atoms with Crippen LogP contribution in [-0.2, 0) is 6.54 Å². The van der Waals surface area contributed by atoms with Crippen molar-refractivity contribution in [3.8, 4) is 0 Å².